The largest absolute Gasteiger partial charge is 0.377 e. The van der Waals surface area contributed by atoms with Gasteiger partial charge in [-0.15, -0.1) is 24.0 Å². The van der Waals surface area contributed by atoms with Crippen LogP contribution in [0, 0.1) is 11.8 Å². The maximum absolute atomic E-state index is 5.17. The van der Waals surface area contributed by atoms with Gasteiger partial charge < -0.3 is 15.4 Å². The number of aliphatic imine (C=N–C) groups is 1. The molecule has 0 aliphatic carbocycles. The van der Waals surface area contributed by atoms with E-state index >= 15 is 0 Å². The molecule has 1 fully saturated rings. The summed E-state index contributed by atoms with van der Waals surface area (Å²) in [5.74, 6) is 4.19. The number of halogens is 1. The fourth-order valence-corrected chi connectivity index (χ4v) is 4.48. The molecule has 0 aromatic carbocycles. The molecule has 9 heteroatoms. The van der Waals surface area contributed by atoms with Crippen molar-refractivity contribution in [2.24, 2.45) is 16.8 Å². The highest BCUT2D eigenvalue weighted by Gasteiger charge is 2.26. The van der Waals surface area contributed by atoms with Crippen LogP contribution in [-0.4, -0.2) is 71.0 Å². The van der Waals surface area contributed by atoms with E-state index in [0.717, 1.165) is 56.0 Å². The molecule has 1 aromatic rings. The average molecular weight is 548 g/mol. The maximum Gasteiger partial charge on any atom is 0.191 e. The Hall–Kier alpha value is -0.940. The van der Waals surface area contributed by atoms with Gasteiger partial charge >= 0.3 is 0 Å². The number of piperidine rings is 1. The molecule has 1 saturated heterocycles. The first-order valence-corrected chi connectivity index (χ1v) is 11.7. The summed E-state index contributed by atoms with van der Waals surface area (Å²) in [4.78, 5) is 12.2. The van der Waals surface area contributed by atoms with Gasteiger partial charge in [0.2, 0.25) is 0 Å². The van der Waals surface area contributed by atoms with Crippen LogP contribution in [0.3, 0.4) is 0 Å². The summed E-state index contributed by atoms with van der Waals surface area (Å²) in [6, 6.07) is 0.804. The van der Waals surface area contributed by atoms with Crippen molar-refractivity contribution < 1.29 is 4.74 Å². The number of aromatic nitrogens is 3. The third-order valence-electron chi connectivity index (χ3n) is 6.35. The van der Waals surface area contributed by atoms with Crippen molar-refractivity contribution in [1.82, 2.24) is 30.3 Å². The minimum atomic E-state index is 0. The molecule has 3 heterocycles. The van der Waals surface area contributed by atoms with Crippen LogP contribution >= 0.6 is 24.0 Å². The lowest BCUT2D eigenvalue weighted by Gasteiger charge is -2.38. The molecular formula is C22H42IN7O. The predicted octanol–water partition coefficient (Wildman–Crippen LogP) is 2.67. The Kier molecular flexibility index (Phi) is 11.0. The fourth-order valence-electron chi connectivity index (χ4n) is 4.48. The summed E-state index contributed by atoms with van der Waals surface area (Å²) in [7, 11) is 1.68. The number of nitrogens with one attached hydrogen (secondary N) is 2. The number of hydrogen-bond donors (Lipinski definition) is 2. The number of hydrogen-bond acceptors (Lipinski definition) is 5. The SMILES string of the molecule is CCNC(=NCC(C(C)C)N1CCC(C)CC1)NC1CCc2nc(COC)nn2C1.I. The Bertz CT molecular complexity index is 685. The first-order valence-electron chi connectivity index (χ1n) is 11.7. The lowest BCUT2D eigenvalue weighted by molar-refractivity contribution is 0.113. The number of methoxy groups -OCH3 is 1. The molecule has 0 radical (unpaired) electrons. The molecule has 2 N–H and O–H groups in total. The topological polar surface area (TPSA) is 79.6 Å². The Morgan fingerprint density at radius 2 is 2.00 bits per heavy atom. The van der Waals surface area contributed by atoms with Gasteiger partial charge in [-0.25, -0.2) is 9.67 Å². The molecular weight excluding hydrogens is 505 g/mol. The minimum Gasteiger partial charge on any atom is -0.377 e. The Morgan fingerprint density at radius 1 is 1.26 bits per heavy atom. The number of rotatable bonds is 8. The smallest absolute Gasteiger partial charge is 0.191 e. The highest BCUT2D eigenvalue weighted by molar-refractivity contribution is 14.0. The van der Waals surface area contributed by atoms with Crippen molar-refractivity contribution in [3.8, 4) is 0 Å². The standard InChI is InChI=1S/C22H41N7O.HI/c1-6-23-22(24-13-19(16(2)3)28-11-9-17(4)10-12-28)25-18-7-8-21-26-20(15-30-5)27-29(21)14-18;/h16-19H,6-15H2,1-5H3,(H2,23,24,25);1H. The summed E-state index contributed by atoms with van der Waals surface area (Å²) in [5.41, 5.74) is 0. The molecule has 0 saturated carbocycles. The summed E-state index contributed by atoms with van der Waals surface area (Å²) in [6.45, 7) is 14.5. The van der Waals surface area contributed by atoms with Crippen molar-refractivity contribution in [2.45, 2.75) is 78.6 Å². The van der Waals surface area contributed by atoms with E-state index in [9.17, 15) is 0 Å². The van der Waals surface area contributed by atoms with Gasteiger partial charge in [-0.1, -0.05) is 20.8 Å². The van der Waals surface area contributed by atoms with E-state index in [0.29, 0.717) is 24.6 Å². The number of ether oxygens (including phenoxy) is 1. The minimum absolute atomic E-state index is 0. The van der Waals surface area contributed by atoms with E-state index in [1.807, 2.05) is 4.68 Å². The summed E-state index contributed by atoms with van der Waals surface area (Å²) < 4.78 is 7.19. The zero-order chi connectivity index (χ0) is 21.5. The molecule has 2 unspecified atom stereocenters. The third kappa shape index (κ3) is 7.56. The fraction of sp³-hybridized carbons (Fsp3) is 0.864. The second kappa shape index (κ2) is 12.9. The molecule has 2 aliphatic rings. The molecule has 2 atom stereocenters. The summed E-state index contributed by atoms with van der Waals surface area (Å²) in [5, 5.41) is 11.7. The van der Waals surface area contributed by atoms with Crippen LogP contribution in [-0.2, 0) is 24.3 Å². The molecule has 3 rings (SSSR count). The average Bonchev–Trinajstić information content (AvgIpc) is 3.11. The monoisotopic (exact) mass is 547 g/mol. The van der Waals surface area contributed by atoms with Crippen molar-refractivity contribution >= 4 is 29.9 Å². The van der Waals surface area contributed by atoms with Gasteiger partial charge in [-0.2, -0.15) is 5.10 Å². The van der Waals surface area contributed by atoms with Crippen LogP contribution in [0.4, 0.5) is 0 Å². The number of likely N-dealkylation sites (tertiary alicyclic amines) is 1. The quantitative estimate of drug-likeness (QED) is 0.296. The summed E-state index contributed by atoms with van der Waals surface area (Å²) >= 11 is 0. The van der Waals surface area contributed by atoms with E-state index in [-0.39, 0.29) is 24.0 Å². The Balaban J connectivity index is 0.00000341. The molecule has 8 nitrogen and oxygen atoms in total. The van der Waals surface area contributed by atoms with E-state index < -0.39 is 0 Å². The van der Waals surface area contributed by atoms with Crippen LogP contribution in [0.5, 0.6) is 0 Å². The van der Waals surface area contributed by atoms with Gasteiger partial charge in [0.05, 0.1) is 13.1 Å². The zero-order valence-corrected chi connectivity index (χ0v) is 22.3. The van der Waals surface area contributed by atoms with Gasteiger partial charge in [0.25, 0.3) is 0 Å². The maximum atomic E-state index is 5.17. The van der Waals surface area contributed by atoms with E-state index in [1.165, 1.54) is 25.9 Å². The Morgan fingerprint density at radius 3 is 2.65 bits per heavy atom. The normalized spacial score (nSPS) is 21.5. The highest BCUT2D eigenvalue weighted by Crippen LogP contribution is 2.21. The number of fused-ring (bicyclic) bond motifs is 1. The molecule has 0 amide bonds. The van der Waals surface area contributed by atoms with E-state index in [1.54, 1.807) is 7.11 Å². The van der Waals surface area contributed by atoms with Crippen LogP contribution in [0.25, 0.3) is 0 Å². The second-order valence-electron chi connectivity index (χ2n) is 9.19. The first-order chi connectivity index (χ1) is 14.5. The van der Waals surface area contributed by atoms with Gasteiger partial charge in [-0.05, 0) is 51.1 Å². The second-order valence-corrected chi connectivity index (χ2v) is 9.19. The number of aryl methyl sites for hydroxylation is 1. The zero-order valence-electron chi connectivity index (χ0n) is 19.9. The van der Waals surface area contributed by atoms with E-state index in [4.69, 9.17) is 9.73 Å². The van der Waals surface area contributed by atoms with Crippen LogP contribution in [0.1, 0.15) is 58.6 Å². The summed E-state index contributed by atoms with van der Waals surface area (Å²) in [6.07, 6.45) is 4.57. The molecule has 178 valence electrons. The van der Waals surface area contributed by atoms with Gasteiger partial charge in [-0.3, -0.25) is 9.89 Å². The van der Waals surface area contributed by atoms with Gasteiger partial charge in [0.1, 0.15) is 12.4 Å². The molecule has 0 spiro atoms. The van der Waals surface area contributed by atoms with Crippen LogP contribution < -0.4 is 10.6 Å². The molecule has 1 aromatic heterocycles. The van der Waals surface area contributed by atoms with Gasteiger partial charge in [0, 0.05) is 32.2 Å². The van der Waals surface area contributed by atoms with Crippen molar-refractivity contribution in [1.29, 1.82) is 0 Å². The van der Waals surface area contributed by atoms with E-state index in [2.05, 4.69) is 53.3 Å². The van der Waals surface area contributed by atoms with Crippen LogP contribution in [0.15, 0.2) is 4.99 Å². The molecule has 0 bridgehead atoms. The molecule has 31 heavy (non-hydrogen) atoms. The Labute approximate surface area is 205 Å². The highest BCUT2D eigenvalue weighted by atomic mass is 127. The van der Waals surface area contributed by atoms with Crippen molar-refractivity contribution in [3.63, 3.8) is 0 Å². The lowest BCUT2D eigenvalue weighted by atomic mass is 9.94. The molecule has 2 aliphatic heterocycles. The predicted molar refractivity (Wildman–Crippen MR) is 136 cm³/mol. The van der Waals surface area contributed by atoms with Crippen molar-refractivity contribution in [2.75, 3.05) is 33.3 Å². The van der Waals surface area contributed by atoms with Crippen LogP contribution in [0.2, 0.25) is 0 Å². The van der Waals surface area contributed by atoms with Crippen molar-refractivity contribution in [3.05, 3.63) is 11.6 Å². The number of guanidine groups is 1. The third-order valence-corrected chi connectivity index (χ3v) is 6.35. The number of nitrogens with zero attached hydrogens (tertiary/aromatic N) is 5. The van der Waals surface area contributed by atoms with Gasteiger partial charge in [0.15, 0.2) is 11.8 Å². The lowest BCUT2D eigenvalue weighted by Crippen LogP contribution is -2.49. The first kappa shape index (κ1) is 26.3.